The highest BCUT2D eigenvalue weighted by Gasteiger charge is 2.29. The highest BCUT2D eigenvalue weighted by molar-refractivity contribution is 6.07. The van der Waals surface area contributed by atoms with E-state index in [1.54, 1.807) is 28.8 Å². The van der Waals surface area contributed by atoms with Crippen molar-refractivity contribution >= 4 is 34.1 Å². The number of aromatic nitrogens is 3. The Kier molecular flexibility index (Phi) is 7.63. The number of halogens is 3. The van der Waals surface area contributed by atoms with E-state index in [0.717, 1.165) is 11.1 Å². The van der Waals surface area contributed by atoms with E-state index in [0.29, 0.717) is 47.5 Å². The number of hydrogen-bond acceptors (Lipinski definition) is 5. The van der Waals surface area contributed by atoms with Crippen LogP contribution in [0.2, 0.25) is 0 Å². The lowest BCUT2D eigenvalue weighted by atomic mass is 9.95. The van der Waals surface area contributed by atoms with Gasteiger partial charge in [-0.2, -0.15) is 18.3 Å². The number of nitrogens with zero attached hydrogens (tertiary/aromatic N) is 5. The Balaban J connectivity index is 1.59. The molecule has 8 nitrogen and oxygen atoms in total. The van der Waals surface area contributed by atoms with Gasteiger partial charge in [0.2, 0.25) is 0 Å². The van der Waals surface area contributed by atoms with E-state index in [9.17, 15) is 22.8 Å². The van der Waals surface area contributed by atoms with Gasteiger partial charge in [0.15, 0.2) is 5.65 Å². The molecule has 1 atom stereocenters. The lowest BCUT2D eigenvalue weighted by molar-refractivity contribution is -0.137. The van der Waals surface area contributed by atoms with E-state index in [-0.39, 0.29) is 30.9 Å². The van der Waals surface area contributed by atoms with Crippen molar-refractivity contribution in [3.05, 3.63) is 41.2 Å². The minimum absolute atomic E-state index is 0.00288. The number of pyridine rings is 1. The van der Waals surface area contributed by atoms with Gasteiger partial charge in [-0.15, -0.1) is 0 Å². The summed E-state index contributed by atoms with van der Waals surface area (Å²) in [5.41, 5.74) is 3.90. The maximum atomic E-state index is 13.3. The summed E-state index contributed by atoms with van der Waals surface area (Å²) in [6.45, 7) is 8.45. The van der Waals surface area contributed by atoms with Crippen LogP contribution in [-0.2, 0) is 4.79 Å². The maximum Gasteiger partial charge on any atom is 0.390 e. The fourth-order valence-corrected chi connectivity index (χ4v) is 4.63. The van der Waals surface area contributed by atoms with Crippen molar-refractivity contribution in [1.29, 1.82) is 0 Å². The average molecular weight is 517 g/mol. The molecular formula is C26H31F3N6O2. The molecule has 37 heavy (non-hydrogen) atoms. The zero-order valence-corrected chi connectivity index (χ0v) is 21.4. The molecule has 4 rings (SSSR count). The van der Waals surface area contributed by atoms with Crippen molar-refractivity contribution in [2.75, 3.05) is 26.2 Å². The summed E-state index contributed by atoms with van der Waals surface area (Å²) >= 11 is 0. The van der Waals surface area contributed by atoms with Crippen molar-refractivity contribution in [3.63, 3.8) is 0 Å². The molecule has 2 aliphatic heterocycles. The molecule has 0 radical (unpaired) electrons. The Morgan fingerprint density at radius 3 is 2.65 bits per heavy atom. The number of amides is 2. The monoisotopic (exact) mass is 516 g/mol. The smallest absolute Gasteiger partial charge is 0.351 e. The topological polar surface area (TPSA) is 92.5 Å². The van der Waals surface area contributed by atoms with Crippen LogP contribution in [0.15, 0.2) is 35.0 Å². The molecule has 2 aromatic rings. The molecule has 4 heterocycles. The van der Waals surface area contributed by atoms with E-state index < -0.39 is 18.5 Å². The number of rotatable bonds is 7. The molecule has 0 saturated heterocycles. The van der Waals surface area contributed by atoms with Crippen LogP contribution in [0.25, 0.3) is 16.6 Å². The van der Waals surface area contributed by atoms with Crippen molar-refractivity contribution in [3.8, 4) is 0 Å². The van der Waals surface area contributed by atoms with Crippen LogP contribution in [0.3, 0.4) is 0 Å². The lowest BCUT2D eigenvalue weighted by Crippen LogP contribution is -2.35. The Hall–Kier alpha value is -3.34. The average Bonchev–Trinajstić information content (AvgIpc) is 3.25. The van der Waals surface area contributed by atoms with Crippen molar-refractivity contribution < 1.29 is 22.8 Å². The first-order valence-corrected chi connectivity index (χ1v) is 12.3. The Morgan fingerprint density at radius 2 is 2.03 bits per heavy atom. The third kappa shape index (κ3) is 6.15. The molecule has 198 valence electrons. The van der Waals surface area contributed by atoms with Crippen molar-refractivity contribution in [2.24, 2.45) is 10.9 Å². The summed E-state index contributed by atoms with van der Waals surface area (Å²) in [4.78, 5) is 36.3. The molecule has 2 aliphatic rings. The maximum absolute atomic E-state index is 13.3. The summed E-state index contributed by atoms with van der Waals surface area (Å²) < 4.78 is 39.6. The molecule has 11 heteroatoms. The van der Waals surface area contributed by atoms with Gasteiger partial charge in [0.1, 0.15) is 0 Å². The van der Waals surface area contributed by atoms with Gasteiger partial charge in [0, 0.05) is 37.9 Å². The van der Waals surface area contributed by atoms with Crippen molar-refractivity contribution in [2.45, 2.75) is 52.8 Å². The molecule has 0 spiro atoms. The van der Waals surface area contributed by atoms with E-state index in [1.807, 2.05) is 32.9 Å². The van der Waals surface area contributed by atoms with Crippen LogP contribution in [-0.4, -0.2) is 69.5 Å². The molecular weight excluding hydrogens is 485 g/mol. The van der Waals surface area contributed by atoms with Gasteiger partial charge in [-0.05, 0) is 51.8 Å². The van der Waals surface area contributed by atoms with Gasteiger partial charge in [0.25, 0.3) is 11.8 Å². The van der Waals surface area contributed by atoms with E-state index >= 15 is 0 Å². The Morgan fingerprint density at radius 1 is 1.27 bits per heavy atom. The van der Waals surface area contributed by atoms with Crippen LogP contribution in [0.5, 0.6) is 0 Å². The van der Waals surface area contributed by atoms with E-state index in [4.69, 9.17) is 4.98 Å². The van der Waals surface area contributed by atoms with Gasteiger partial charge >= 0.3 is 6.18 Å². The molecule has 0 aromatic carbocycles. The third-order valence-corrected chi connectivity index (χ3v) is 6.67. The van der Waals surface area contributed by atoms with Crippen LogP contribution >= 0.6 is 0 Å². The summed E-state index contributed by atoms with van der Waals surface area (Å²) in [5.74, 6) is -1.16. The molecule has 0 bridgehead atoms. The highest BCUT2D eigenvalue weighted by Crippen LogP contribution is 2.28. The largest absolute Gasteiger partial charge is 0.390 e. The quantitative estimate of drug-likeness (QED) is 0.591. The first kappa shape index (κ1) is 26.7. The van der Waals surface area contributed by atoms with E-state index in [1.165, 1.54) is 0 Å². The normalized spacial score (nSPS) is 19.2. The van der Waals surface area contributed by atoms with Crippen LogP contribution < -0.4 is 5.32 Å². The predicted molar refractivity (Wildman–Crippen MR) is 135 cm³/mol. The summed E-state index contributed by atoms with van der Waals surface area (Å²) in [5, 5.41) is 7.89. The van der Waals surface area contributed by atoms with Gasteiger partial charge in [-0.3, -0.25) is 14.5 Å². The molecule has 1 N–H and O–H groups in total. The second-order valence-electron chi connectivity index (χ2n) is 9.86. The predicted octanol–water partition coefficient (Wildman–Crippen LogP) is 4.35. The molecule has 0 fully saturated rings. The van der Waals surface area contributed by atoms with Crippen LogP contribution in [0.4, 0.5) is 13.2 Å². The summed E-state index contributed by atoms with van der Waals surface area (Å²) in [6.07, 6.45) is 0.810. The molecule has 0 aliphatic carbocycles. The van der Waals surface area contributed by atoms with Gasteiger partial charge < -0.3 is 5.32 Å². The SMILES string of the molecule is CC1=CC(C)=NC(=O)C1CNC(=O)c1cc(C2=CCN(CCC(F)(F)F)CC2)nc2c1cnn2C(C)C. The number of dihydropyridines is 1. The van der Waals surface area contributed by atoms with Gasteiger partial charge in [-0.1, -0.05) is 11.6 Å². The number of allylic oxidation sites excluding steroid dienone is 1. The standard InChI is InChI=1S/C26H31F3N6O2/c1-15(2)35-23-21(14-31-35)19(24(36)30-13-20-16(3)11-17(4)32-25(20)37)12-22(33-23)18-5-8-34(9-6-18)10-7-26(27,28)29/h5,11-12,14-15,20H,6-10,13H2,1-4H3,(H,30,36). The minimum atomic E-state index is -4.18. The van der Waals surface area contributed by atoms with Gasteiger partial charge in [-0.25, -0.2) is 14.7 Å². The summed E-state index contributed by atoms with van der Waals surface area (Å²) in [6, 6.07) is 1.71. The fraction of sp³-hybridized carbons (Fsp3) is 0.500. The second kappa shape index (κ2) is 10.6. The first-order valence-electron chi connectivity index (χ1n) is 12.3. The van der Waals surface area contributed by atoms with Crippen LogP contribution in [0, 0.1) is 5.92 Å². The highest BCUT2D eigenvalue weighted by atomic mass is 19.4. The summed E-state index contributed by atoms with van der Waals surface area (Å²) in [7, 11) is 0. The second-order valence-corrected chi connectivity index (χ2v) is 9.86. The first-order chi connectivity index (χ1) is 17.4. The zero-order chi connectivity index (χ0) is 26.9. The number of aliphatic imine (C=N–C) groups is 1. The number of carbonyl (C=O) groups is 2. The van der Waals surface area contributed by atoms with Crippen LogP contribution in [0.1, 0.15) is 62.6 Å². The number of alkyl halides is 3. The zero-order valence-electron chi connectivity index (χ0n) is 21.4. The molecule has 2 amide bonds. The molecule has 1 unspecified atom stereocenters. The lowest BCUT2D eigenvalue weighted by Gasteiger charge is -2.26. The van der Waals surface area contributed by atoms with Crippen molar-refractivity contribution in [1.82, 2.24) is 25.0 Å². The third-order valence-electron chi connectivity index (χ3n) is 6.67. The number of fused-ring (bicyclic) bond motifs is 1. The fourth-order valence-electron chi connectivity index (χ4n) is 4.63. The van der Waals surface area contributed by atoms with E-state index in [2.05, 4.69) is 15.4 Å². The number of hydrogen-bond donors (Lipinski definition) is 1. The number of nitrogens with one attached hydrogen (secondary N) is 1. The minimum Gasteiger partial charge on any atom is -0.351 e. The molecule has 2 aromatic heterocycles. The molecule has 0 saturated carbocycles. The Labute approximate surface area is 213 Å². The Bertz CT molecular complexity index is 1310. The number of carbonyl (C=O) groups excluding carboxylic acids is 2. The van der Waals surface area contributed by atoms with Gasteiger partial charge in [0.05, 0.1) is 35.2 Å².